The van der Waals surface area contributed by atoms with Gasteiger partial charge >= 0.3 is 5.97 Å². The van der Waals surface area contributed by atoms with Crippen molar-refractivity contribution in [2.24, 2.45) is 5.41 Å². The van der Waals surface area contributed by atoms with Crippen LogP contribution >= 0.6 is 0 Å². The van der Waals surface area contributed by atoms with Crippen molar-refractivity contribution in [1.82, 2.24) is 5.32 Å². The summed E-state index contributed by atoms with van der Waals surface area (Å²) in [7, 11) is 2.98. The van der Waals surface area contributed by atoms with Crippen molar-refractivity contribution in [3.05, 3.63) is 41.5 Å². The molecule has 0 spiro atoms. The first kappa shape index (κ1) is 32.7. The van der Waals surface area contributed by atoms with E-state index >= 15 is 0 Å². The normalized spacial score (nSPS) is 22.5. The molecule has 4 atom stereocenters. The average molecular weight is 602 g/mol. The lowest BCUT2D eigenvalue weighted by molar-refractivity contribution is -0.152. The number of likely N-dealkylation sites (N-methyl/N-ethyl adjacent to an activating group) is 1. The highest BCUT2D eigenvalue weighted by molar-refractivity contribution is 5.74. The van der Waals surface area contributed by atoms with Crippen LogP contribution in [0.4, 0.5) is 0 Å². The number of carboxylic acid groups (broad SMARTS) is 1. The van der Waals surface area contributed by atoms with Gasteiger partial charge in [0, 0.05) is 12.5 Å². The molecule has 4 rings (SSSR count). The van der Waals surface area contributed by atoms with E-state index < -0.39 is 23.6 Å². The van der Waals surface area contributed by atoms with Gasteiger partial charge in [0.15, 0.2) is 23.0 Å². The van der Waals surface area contributed by atoms with Crippen molar-refractivity contribution in [2.45, 2.75) is 95.5 Å². The predicted molar refractivity (Wildman–Crippen MR) is 161 cm³/mol. The van der Waals surface area contributed by atoms with Crippen LogP contribution in [0.3, 0.4) is 0 Å². The SMILES string of the molecule is CCN[C@H](COc1cc([C@H]2C[C@@H](O)C[C@H](CCc3ccc(O)c(OC)c3)O2)cc(OC)c1O)CC1(C(=O)O)CCCCC1. The number of hydrogen-bond acceptors (Lipinski definition) is 9. The number of carboxylic acids is 1. The van der Waals surface area contributed by atoms with Gasteiger partial charge in [-0.3, -0.25) is 4.79 Å². The third-order valence-electron chi connectivity index (χ3n) is 8.87. The second-order valence-corrected chi connectivity index (χ2v) is 11.9. The first-order valence-corrected chi connectivity index (χ1v) is 15.4. The van der Waals surface area contributed by atoms with Crippen molar-refractivity contribution in [3.63, 3.8) is 0 Å². The number of methoxy groups -OCH3 is 2. The van der Waals surface area contributed by atoms with E-state index in [4.69, 9.17) is 18.9 Å². The Balaban J connectivity index is 1.47. The Labute approximate surface area is 253 Å². The maximum Gasteiger partial charge on any atom is 0.309 e. The molecular weight excluding hydrogens is 554 g/mol. The van der Waals surface area contributed by atoms with Crippen molar-refractivity contribution >= 4 is 5.97 Å². The molecule has 1 aliphatic carbocycles. The van der Waals surface area contributed by atoms with Crippen LogP contribution in [0.15, 0.2) is 30.3 Å². The quantitative estimate of drug-likeness (QED) is 0.198. The highest BCUT2D eigenvalue weighted by atomic mass is 16.5. The van der Waals surface area contributed by atoms with E-state index in [2.05, 4.69) is 5.32 Å². The molecule has 10 heteroatoms. The zero-order valence-electron chi connectivity index (χ0n) is 25.5. The second kappa shape index (κ2) is 15.0. The van der Waals surface area contributed by atoms with Crippen LogP contribution in [0, 0.1) is 5.41 Å². The van der Waals surface area contributed by atoms with E-state index in [0.717, 1.165) is 24.8 Å². The summed E-state index contributed by atoms with van der Waals surface area (Å²) in [6.07, 6.45) is 5.63. The molecule has 1 aliphatic heterocycles. The zero-order chi connectivity index (χ0) is 31.0. The fourth-order valence-corrected chi connectivity index (χ4v) is 6.52. The number of aromatic hydroxyl groups is 2. The van der Waals surface area contributed by atoms with Gasteiger partial charge in [0.2, 0.25) is 5.75 Å². The lowest BCUT2D eigenvalue weighted by atomic mass is 9.70. The van der Waals surface area contributed by atoms with Crippen LogP contribution in [0.1, 0.15) is 81.9 Å². The van der Waals surface area contributed by atoms with Crippen molar-refractivity contribution in [2.75, 3.05) is 27.4 Å². The average Bonchev–Trinajstić information content (AvgIpc) is 3.00. The molecule has 1 heterocycles. The van der Waals surface area contributed by atoms with Crippen LogP contribution in [-0.4, -0.2) is 72.0 Å². The minimum atomic E-state index is -0.775. The van der Waals surface area contributed by atoms with Gasteiger partial charge in [-0.2, -0.15) is 0 Å². The lowest BCUT2D eigenvalue weighted by Gasteiger charge is -2.36. The topological polar surface area (TPSA) is 147 Å². The molecule has 0 aromatic heterocycles. The first-order chi connectivity index (χ1) is 20.7. The molecule has 0 bridgehead atoms. The first-order valence-electron chi connectivity index (χ1n) is 15.4. The number of rotatable bonds is 14. The maximum absolute atomic E-state index is 12.3. The Morgan fingerprint density at radius 3 is 2.44 bits per heavy atom. The molecule has 0 unspecified atom stereocenters. The Bertz CT molecular complexity index is 1210. The molecule has 0 radical (unpaired) electrons. The summed E-state index contributed by atoms with van der Waals surface area (Å²) in [5.74, 6) is 0.0638. The van der Waals surface area contributed by atoms with Crippen molar-refractivity contribution in [1.29, 1.82) is 0 Å². The maximum atomic E-state index is 12.3. The third-order valence-corrected chi connectivity index (χ3v) is 8.87. The van der Waals surface area contributed by atoms with Crippen molar-refractivity contribution < 1.29 is 44.2 Å². The van der Waals surface area contributed by atoms with Gasteiger partial charge in [-0.1, -0.05) is 32.3 Å². The van der Waals surface area contributed by atoms with Crippen LogP contribution in [0.25, 0.3) is 0 Å². The molecule has 43 heavy (non-hydrogen) atoms. The molecule has 5 N–H and O–H groups in total. The summed E-state index contributed by atoms with van der Waals surface area (Å²) in [6.45, 7) is 2.81. The molecule has 2 fully saturated rings. The number of phenols is 2. The Morgan fingerprint density at radius 2 is 1.77 bits per heavy atom. The molecule has 2 aliphatic rings. The number of nitrogens with one attached hydrogen (secondary N) is 1. The second-order valence-electron chi connectivity index (χ2n) is 11.9. The standard InChI is InChI=1S/C33H47NO9/c1-4-34-23(19-33(32(38)39)12-6-5-7-13-33)20-42-30-16-22(15-29(41-3)31(30)37)27-18-24(35)17-25(43-27)10-8-21-9-11-26(36)28(14-21)40-2/h9,11,14-16,23-25,27,34-37H,4-8,10,12-13,17-20H2,1-3H3,(H,38,39)/t23-,24-,25-,27+/m0/s1. The van der Waals surface area contributed by atoms with Crippen molar-refractivity contribution in [3.8, 4) is 28.7 Å². The summed E-state index contributed by atoms with van der Waals surface area (Å²) in [6, 6.07) is 8.46. The number of aliphatic carboxylic acids is 1. The van der Waals surface area contributed by atoms with Crippen LogP contribution in [0.5, 0.6) is 28.7 Å². The van der Waals surface area contributed by atoms with E-state index in [1.54, 1.807) is 24.3 Å². The van der Waals surface area contributed by atoms with Gasteiger partial charge < -0.3 is 44.7 Å². The van der Waals surface area contributed by atoms with E-state index in [1.807, 2.05) is 13.0 Å². The molecule has 1 saturated heterocycles. The van der Waals surface area contributed by atoms with Crippen LogP contribution in [-0.2, 0) is 16.0 Å². The summed E-state index contributed by atoms with van der Waals surface area (Å²) in [5.41, 5.74) is 0.932. The Hall–Kier alpha value is -3.21. The number of hydrogen-bond donors (Lipinski definition) is 5. The molecule has 238 valence electrons. The number of ether oxygens (including phenoxy) is 4. The summed E-state index contributed by atoms with van der Waals surface area (Å²) in [4.78, 5) is 12.3. The number of aliphatic hydroxyl groups is 1. The van der Waals surface area contributed by atoms with Gasteiger partial charge in [0.25, 0.3) is 0 Å². The highest BCUT2D eigenvalue weighted by Crippen LogP contribution is 2.44. The van der Waals surface area contributed by atoms with E-state index in [1.165, 1.54) is 14.2 Å². The third kappa shape index (κ3) is 8.25. The summed E-state index contributed by atoms with van der Waals surface area (Å²) < 4.78 is 23.3. The fraction of sp³-hybridized carbons (Fsp3) is 0.606. The van der Waals surface area contributed by atoms with Crippen LogP contribution in [0.2, 0.25) is 0 Å². The van der Waals surface area contributed by atoms with Gasteiger partial charge in [0.05, 0.1) is 37.9 Å². The molecule has 2 aromatic carbocycles. The number of phenolic OH excluding ortho intramolecular Hbond substituents is 2. The molecule has 1 saturated carbocycles. The van der Waals surface area contributed by atoms with Crippen LogP contribution < -0.4 is 19.5 Å². The van der Waals surface area contributed by atoms with E-state index in [0.29, 0.717) is 62.8 Å². The zero-order valence-corrected chi connectivity index (χ0v) is 25.5. The largest absolute Gasteiger partial charge is 0.504 e. The Kier molecular flexibility index (Phi) is 11.4. The molecular formula is C33H47NO9. The fourth-order valence-electron chi connectivity index (χ4n) is 6.52. The smallest absolute Gasteiger partial charge is 0.309 e. The predicted octanol–water partition coefficient (Wildman–Crippen LogP) is 5.11. The number of carbonyl (C=O) groups is 1. The number of aliphatic hydroxyl groups excluding tert-OH is 1. The van der Waals surface area contributed by atoms with Gasteiger partial charge in [-0.15, -0.1) is 0 Å². The molecule has 10 nitrogen and oxygen atoms in total. The van der Waals surface area contributed by atoms with Gasteiger partial charge in [-0.05, 0) is 80.5 Å². The van der Waals surface area contributed by atoms with E-state index in [9.17, 15) is 25.2 Å². The van der Waals surface area contributed by atoms with E-state index in [-0.39, 0.29) is 41.8 Å². The van der Waals surface area contributed by atoms with Gasteiger partial charge in [0.1, 0.15) is 6.61 Å². The number of benzene rings is 2. The minimum absolute atomic E-state index is 0.0853. The summed E-state index contributed by atoms with van der Waals surface area (Å²) in [5, 5.41) is 45.0. The molecule has 2 aromatic rings. The summed E-state index contributed by atoms with van der Waals surface area (Å²) >= 11 is 0. The molecule has 0 amide bonds. The monoisotopic (exact) mass is 601 g/mol. The highest BCUT2D eigenvalue weighted by Gasteiger charge is 2.41. The lowest BCUT2D eigenvalue weighted by Crippen LogP contribution is -2.44. The van der Waals surface area contributed by atoms with Gasteiger partial charge in [-0.25, -0.2) is 0 Å². The minimum Gasteiger partial charge on any atom is -0.504 e. The Morgan fingerprint density at radius 1 is 1.05 bits per heavy atom. The number of aryl methyl sites for hydroxylation is 1.